The topological polar surface area (TPSA) is 29.1 Å². The van der Waals surface area contributed by atoms with Gasteiger partial charge < -0.3 is 5.32 Å². The molecule has 1 amide bonds. The number of anilines is 1. The molecule has 0 spiro atoms. The van der Waals surface area contributed by atoms with Gasteiger partial charge in [0.25, 0.3) is 0 Å². The summed E-state index contributed by atoms with van der Waals surface area (Å²) in [5.41, 5.74) is 1.22. The van der Waals surface area contributed by atoms with Crippen molar-refractivity contribution in [3.63, 3.8) is 0 Å². The maximum absolute atomic E-state index is 13.5. The van der Waals surface area contributed by atoms with Gasteiger partial charge in [0.2, 0.25) is 5.91 Å². The van der Waals surface area contributed by atoms with Gasteiger partial charge in [0.05, 0.1) is 4.83 Å². The summed E-state index contributed by atoms with van der Waals surface area (Å²) in [4.78, 5) is 11.5. The molecule has 2 aromatic rings. The van der Waals surface area contributed by atoms with Crippen molar-refractivity contribution in [2.45, 2.75) is 11.2 Å². The zero-order valence-electron chi connectivity index (χ0n) is 10.4. The number of hydrogen-bond acceptors (Lipinski definition) is 1. The van der Waals surface area contributed by atoms with E-state index in [0.29, 0.717) is 17.7 Å². The Morgan fingerprint density at radius 2 is 1.80 bits per heavy atom. The summed E-state index contributed by atoms with van der Waals surface area (Å²) in [6, 6.07) is 13.7. The fraction of sp³-hybridized carbons (Fsp3) is 0.133. The third kappa shape index (κ3) is 4.15. The molecule has 0 saturated heterocycles. The molecule has 104 valence electrons. The van der Waals surface area contributed by atoms with Crippen LogP contribution in [0.1, 0.15) is 5.56 Å². The Balaban J connectivity index is 1.99. The van der Waals surface area contributed by atoms with E-state index in [1.807, 2.05) is 12.1 Å². The van der Waals surface area contributed by atoms with Gasteiger partial charge in [-0.3, -0.25) is 4.79 Å². The molecule has 2 rings (SSSR count). The minimum absolute atomic E-state index is 0.199. The van der Waals surface area contributed by atoms with Crippen LogP contribution in [-0.2, 0) is 11.2 Å². The van der Waals surface area contributed by atoms with Gasteiger partial charge in [-0.25, -0.2) is 4.39 Å². The van der Waals surface area contributed by atoms with E-state index >= 15 is 0 Å². The first-order chi connectivity index (χ1) is 9.56. The first-order valence-electron chi connectivity index (χ1n) is 6.00. The maximum Gasteiger partial charge on any atom is 0.238 e. The highest BCUT2D eigenvalue weighted by Crippen LogP contribution is 2.17. The third-order valence-electron chi connectivity index (χ3n) is 2.75. The second-order valence-electron chi connectivity index (χ2n) is 4.26. The fourth-order valence-electron chi connectivity index (χ4n) is 1.70. The largest absolute Gasteiger partial charge is 0.325 e. The molecular formula is C15H12Br2FNO. The van der Waals surface area contributed by atoms with Crippen LogP contribution in [0.3, 0.4) is 0 Å². The molecule has 0 fully saturated rings. The van der Waals surface area contributed by atoms with Crippen LogP contribution in [0.25, 0.3) is 0 Å². The van der Waals surface area contributed by atoms with Crippen molar-refractivity contribution in [2.75, 3.05) is 5.32 Å². The number of rotatable bonds is 4. The van der Waals surface area contributed by atoms with Crippen molar-refractivity contribution in [3.05, 3.63) is 64.4 Å². The van der Waals surface area contributed by atoms with Crippen LogP contribution in [0.15, 0.2) is 53.0 Å². The minimum Gasteiger partial charge on any atom is -0.325 e. The molecule has 1 N–H and O–H groups in total. The van der Waals surface area contributed by atoms with Gasteiger partial charge in [-0.15, -0.1) is 0 Å². The average Bonchev–Trinajstić information content (AvgIpc) is 2.44. The van der Waals surface area contributed by atoms with Gasteiger partial charge in [-0.05, 0) is 42.3 Å². The van der Waals surface area contributed by atoms with Crippen LogP contribution < -0.4 is 5.32 Å². The monoisotopic (exact) mass is 399 g/mol. The molecule has 5 heteroatoms. The SMILES string of the molecule is O=C(Nc1ccc(Br)cc1)C(Br)Cc1ccccc1F. The summed E-state index contributed by atoms with van der Waals surface area (Å²) in [6.07, 6.45) is 0.301. The van der Waals surface area contributed by atoms with Crippen molar-refractivity contribution >= 4 is 43.5 Å². The highest BCUT2D eigenvalue weighted by Gasteiger charge is 2.17. The number of nitrogens with one attached hydrogen (secondary N) is 1. The Kier molecular flexibility index (Phi) is 5.31. The molecule has 0 aliphatic rings. The molecule has 0 aromatic heterocycles. The van der Waals surface area contributed by atoms with Crippen molar-refractivity contribution < 1.29 is 9.18 Å². The smallest absolute Gasteiger partial charge is 0.238 e. The number of halogens is 3. The van der Waals surface area contributed by atoms with Crippen LogP contribution in [0.4, 0.5) is 10.1 Å². The Morgan fingerprint density at radius 1 is 1.15 bits per heavy atom. The number of benzene rings is 2. The molecule has 0 heterocycles. The van der Waals surface area contributed by atoms with E-state index in [9.17, 15) is 9.18 Å². The molecule has 2 nitrogen and oxygen atoms in total. The van der Waals surface area contributed by atoms with E-state index in [4.69, 9.17) is 0 Å². The van der Waals surface area contributed by atoms with Crippen molar-refractivity contribution in [2.24, 2.45) is 0 Å². The van der Waals surface area contributed by atoms with Gasteiger partial charge in [-0.2, -0.15) is 0 Å². The summed E-state index contributed by atoms with van der Waals surface area (Å²) in [7, 11) is 0. The predicted octanol–water partition coefficient (Wildman–Crippen LogP) is 4.53. The lowest BCUT2D eigenvalue weighted by Crippen LogP contribution is -2.25. The first kappa shape index (κ1) is 15.2. The van der Waals surface area contributed by atoms with Crippen LogP contribution in [0.2, 0.25) is 0 Å². The van der Waals surface area contributed by atoms with Crippen molar-refractivity contribution in [3.8, 4) is 0 Å². The van der Waals surface area contributed by atoms with Crippen LogP contribution in [0, 0.1) is 5.82 Å². The van der Waals surface area contributed by atoms with Crippen LogP contribution >= 0.6 is 31.9 Å². The van der Waals surface area contributed by atoms with E-state index < -0.39 is 4.83 Å². The lowest BCUT2D eigenvalue weighted by Gasteiger charge is -2.11. The molecular weight excluding hydrogens is 389 g/mol. The van der Waals surface area contributed by atoms with Crippen LogP contribution in [0.5, 0.6) is 0 Å². The molecule has 1 unspecified atom stereocenters. The average molecular weight is 401 g/mol. The summed E-state index contributed by atoms with van der Waals surface area (Å²) in [6.45, 7) is 0. The summed E-state index contributed by atoms with van der Waals surface area (Å²) in [5, 5.41) is 2.78. The molecule has 0 aliphatic carbocycles. The van der Waals surface area contributed by atoms with Crippen molar-refractivity contribution in [1.29, 1.82) is 0 Å². The normalized spacial score (nSPS) is 11.9. The fourth-order valence-corrected chi connectivity index (χ4v) is 2.43. The van der Waals surface area contributed by atoms with E-state index in [2.05, 4.69) is 37.2 Å². The van der Waals surface area contributed by atoms with Gasteiger partial charge >= 0.3 is 0 Å². The van der Waals surface area contributed by atoms with Crippen LogP contribution in [-0.4, -0.2) is 10.7 Å². The van der Waals surface area contributed by atoms with E-state index in [-0.39, 0.29) is 11.7 Å². The minimum atomic E-state index is -0.483. The highest BCUT2D eigenvalue weighted by atomic mass is 79.9. The molecule has 20 heavy (non-hydrogen) atoms. The second-order valence-corrected chi connectivity index (χ2v) is 6.28. The van der Waals surface area contributed by atoms with Gasteiger partial charge in [0.1, 0.15) is 5.82 Å². The molecule has 0 saturated carbocycles. The van der Waals surface area contributed by atoms with E-state index in [0.717, 1.165) is 4.47 Å². The Morgan fingerprint density at radius 3 is 2.45 bits per heavy atom. The third-order valence-corrected chi connectivity index (χ3v) is 4.02. The predicted molar refractivity (Wildman–Crippen MR) is 85.6 cm³/mol. The molecule has 0 bridgehead atoms. The first-order valence-corrected chi connectivity index (χ1v) is 7.71. The Hall–Kier alpha value is -1.20. The highest BCUT2D eigenvalue weighted by molar-refractivity contribution is 9.10. The number of carbonyl (C=O) groups excluding carboxylic acids is 1. The molecule has 0 aliphatic heterocycles. The number of alkyl halides is 1. The van der Waals surface area contributed by atoms with Gasteiger partial charge in [-0.1, -0.05) is 50.1 Å². The Labute approximate surface area is 133 Å². The summed E-state index contributed by atoms with van der Waals surface area (Å²) in [5.74, 6) is -0.496. The Bertz CT molecular complexity index is 601. The summed E-state index contributed by atoms with van der Waals surface area (Å²) >= 11 is 6.63. The lowest BCUT2D eigenvalue weighted by molar-refractivity contribution is -0.115. The van der Waals surface area contributed by atoms with Gasteiger partial charge in [0.15, 0.2) is 0 Å². The van der Waals surface area contributed by atoms with E-state index in [1.54, 1.807) is 30.3 Å². The number of carbonyl (C=O) groups is 1. The van der Waals surface area contributed by atoms with E-state index in [1.165, 1.54) is 6.07 Å². The molecule has 2 aromatic carbocycles. The standard InChI is InChI=1S/C15H12Br2FNO/c16-11-5-7-12(8-6-11)19-15(20)13(17)9-10-3-1-2-4-14(10)18/h1-8,13H,9H2,(H,19,20). The zero-order valence-corrected chi connectivity index (χ0v) is 13.6. The van der Waals surface area contributed by atoms with Crippen molar-refractivity contribution in [1.82, 2.24) is 0 Å². The maximum atomic E-state index is 13.5. The number of hydrogen-bond donors (Lipinski definition) is 1. The quantitative estimate of drug-likeness (QED) is 0.750. The second kappa shape index (κ2) is 6.99. The number of amides is 1. The lowest BCUT2D eigenvalue weighted by atomic mass is 10.1. The summed E-state index contributed by atoms with van der Waals surface area (Å²) < 4.78 is 14.5. The molecule has 0 radical (unpaired) electrons. The molecule has 1 atom stereocenters. The van der Waals surface area contributed by atoms with Gasteiger partial charge in [0, 0.05) is 10.2 Å². The zero-order chi connectivity index (χ0) is 14.5.